The van der Waals surface area contributed by atoms with Crippen molar-refractivity contribution in [2.45, 2.75) is 31.1 Å². The van der Waals surface area contributed by atoms with Crippen LogP contribution in [-0.2, 0) is 25.8 Å². The standard InChI is InChI=1S/C17H19ClN6O6S/c18-10-3-1-9(2-4-10)5-20-15-12-16(22-7-21-15)24(8-23-12)17-14(26)13(25)11(30-17)6-29-31(19,27)28/h1-4,7-8,11,13-14,17,25-26H,5-6H2,(H2,19,27,28)(H,20,21,22)/t11-,13-,14-,17-/m1/s1. The van der Waals surface area contributed by atoms with Crippen LogP contribution in [0.3, 0.4) is 0 Å². The lowest BCUT2D eigenvalue weighted by atomic mass is 10.1. The quantitative estimate of drug-likeness (QED) is 0.365. The van der Waals surface area contributed by atoms with E-state index in [4.69, 9.17) is 21.5 Å². The number of nitrogens with zero attached hydrogens (tertiary/aromatic N) is 4. The minimum absolute atomic E-state index is 0.345. The first-order valence-corrected chi connectivity index (χ1v) is 10.9. The Kier molecular flexibility index (Phi) is 6.07. The monoisotopic (exact) mass is 470 g/mol. The number of rotatable bonds is 7. The molecule has 3 heterocycles. The fraction of sp³-hybridized carbons (Fsp3) is 0.353. The molecule has 1 aliphatic rings. The Morgan fingerprint density at radius 1 is 1.19 bits per heavy atom. The number of aliphatic hydroxyl groups excluding tert-OH is 2. The number of fused-ring (bicyclic) bond motifs is 1. The van der Waals surface area contributed by atoms with E-state index in [1.807, 2.05) is 12.1 Å². The maximum Gasteiger partial charge on any atom is 0.333 e. The van der Waals surface area contributed by atoms with Crippen molar-refractivity contribution in [3.05, 3.63) is 47.5 Å². The van der Waals surface area contributed by atoms with Gasteiger partial charge in [-0.15, -0.1) is 0 Å². The molecule has 0 radical (unpaired) electrons. The molecule has 3 aromatic rings. The van der Waals surface area contributed by atoms with Gasteiger partial charge in [0.2, 0.25) is 0 Å². The van der Waals surface area contributed by atoms with Crippen molar-refractivity contribution in [1.29, 1.82) is 0 Å². The first-order valence-electron chi connectivity index (χ1n) is 9.07. The van der Waals surface area contributed by atoms with Gasteiger partial charge in [0.05, 0.1) is 12.9 Å². The van der Waals surface area contributed by atoms with Crippen LogP contribution in [0, 0.1) is 0 Å². The van der Waals surface area contributed by atoms with Crippen LogP contribution in [0.15, 0.2) is 36.9 Å². The maximum atomic E-state index is 11.0. The van der Waals surface area contributed by atoms with Crippen molar-refractivity contribution in [3.63, 3.8) is 0 Å². The molecule has 4 rings (SSSR count). The summed E-state index contributed by atoms with van der Waals surface area (Å²) in [6.45, 7) is -0.0898. The van der Waals surface area contributed by atoms with Gasteiger partial charge in [0, 0.05) is 11.6 Å². The Morgan fingerprint density at radius 2 is 1.94 bits per heavy atom. The SMILES string of the molecule is NS(=O)(=O)OC[C@H]1O[C@@H](n2cnc3c(NCc4ccc(Cl)cc4)ncnc32)[C@H](O)[C@@H]1O. The topological polar surface area (TPSA) is 175 Å². The largest absolute Gasteiger partial charge is 0.387 e. The normalized spacial score (nSPS) is 24.0. The number of hydrogen-bond donors (Lipinski definition) is 4. The Labute approximate surface area is 181 Å². The van der Waals surface area contributed by atoms with Crippen LogP contribution in [-0.4, -0.2) is 63.1 Å². The van der Waals surface area contributed by atoms with Gasteiger partial charge in [-0.05, 0) is 17.7 Å². The summed E-state index contributed by atoms with van der Waals surface area (Å²) < 4.78 is 33.5. The van der Waals surface area contributed by atoms with Gasteiger partial charge in [-0.1, -0.05) is 23.7 Å². The third kappa shape index (κ3) is 4.77. The van der Waals surface area contributed by atoms with Crippen LogP contribution >= 0.6 is 11.6 Å². The van der Waals surface area contributed by atoms with Gasteiger partial charge < -0.3 is 20.3 Å². The van der Waals surface area contributed by atoms with E-state index in [0.717, 1.165) is 5.56 Å². The van der Waals surface area contributed by atoms with Crippen LogP contribution in [0.25, 0.3) is 11.2 Å². The molecule has 1 saturated heterocycles. The molecule has 0 amide bonds. The molecule has 0 aliphatic carbocycles. The Balaban J connectivity index is 1.54. The summed E-state index contributed by atoms with van der Waals surface area (Å²) in [4.78, 5) is 12.7. The van der Waals surface area contributed by atoms with Gasteiger partial charge in [0.25, 0.3) is 0 Å². The fourth-order valence-corrected chi connectivity index (χ4v) is 3.66. The maximum absolute atomic E-state index is 11.0. The smallest absolute Gasteiger partial charge is 0.333 e. The van der Waals surface area contributed by atoms with E-state index in [2.05, 4.69) is 24.5 Å². The molecule has 2 aromatic heterocycles. The summed E-state index contributed by atoms with van der Waals surface area (Å²) in [5.74, 6) is 0.459. The van der Waals surface area contributed by atoms with Gasteiger partial charge in [-0.25, -0.2) is 20.1 Å². The van der Waals surface area contributed by atoms with E-state index in [-0.39, 0.29) is 0 Å². The van der Waals surface area contributed by atoms with E-state index in [1.54, 1.807) is 12.1 Å². The summed E-state index contributed by atoms with van der Waals surface area (Å²) >= 11 is 5.90. The average Bonchev–Trinajstić information content (AvgIpc) is 3.27. The van der Waals surface area contributed by atoms with E-state index in [0.29, 0.717) is 28.5 Å². The van der Waals surface area contributed by atoms with Gasteiger partial charge in [0.1, 0.15) is 24.6 Å². The van der Waals surface area contributed by atoms with Gasteiger partial charge in [0.15, 0.2) is 23.2 Å². The minimum Gasteiger partial charge on any atom is -0.387 e. The van der Waals surface area contributed by atoms with E-state index < -0.39 is 41.5 Å². The zero-order valence-corrected chi connectivity index (χ0v) is 17.4. The predicted octanol–water partition coefficient (Wildman–Crippen LogP) is -0.0689. The number of aromatic nitrogens is 4. The second-order valence-electron chi connectivity index (χ2n) is 6.85. The molecule has 12 nitrogen and oxygen atoms in total. The van der Waals surface area contributed by atoms with Crippen LogP contribution in [0.1, 0.15) is 11.8 Å². The molecule has 166 valence electrons. The minimum atomic E-state index is -4.22. The zero-order valence-electron chi connectivity index (χ0n) is 15.9. The number of hydrogen-bond acceptors (Lipinski definition) is 10. The summed E-state index contributed by atoms with van der Waals surface area (Å²) in [5.41, 5.74) is 1.75. The zero-order chi connectivity index (χ0) is 22.2. The van der Waals surface area contributed by atoms with Gasteiger partial charge >= 0.3 is 10.3 Å². The van der Waals surface area contributed by atoms with Crippen LogP contribution < -0.4 is 10.5 Å². The van der Waals surface area contributed by atoms with Crippen LogP contribution in [0.4, 0.5) is 5.82 Å². The molecule has 1 aromatic carbocycles. The van der Waals surface area contributed by atoms with Crippen molar-refractivity contribution in [2.75, 3.05) is 11.9 Å². The summed E-state index contributed by atoms with van der Waals surface area (Å²) in [6, 6.07) is 7.31. The Hall–Kier alpha value is -2.39. The molecule has 0 bridgehead atoms. The van der Waals surface area contributed by atoms with Crippen molar-refractivity contribution in [2.24, 2.45) is 5.14 Å². The number of nitrogens with two attached hydrogens (primary N) is 1. The molecule has 0 saturated carbocycles. The molecular formula is C17H19ClN6O6S. The molecule has 0 spiro atoms. The Morgan fingerprint density at radius 3 is 2.65 bits per heavy atom. The highest BCUT2D eigenvalue weighted by Crippen LogP contribution is 2.32. The van der Waals surface area contributed by atoms with E-state index in [9.17, 15) is 18.6 Å². The highest BCUT2D eigenvalue weighted by atomic mass is 35.5. The van der Waals surface area contributed by atoms with E-state index >= 15 is 0 Å². The number of ether oxygens (including phenoxy) is 1. The second-order valence-corrected chi connectivity index (χ2v) is 8.51. The van der Waals surface area contributed by atoms with Crippen molar-refractivity contribution >= 4 is 38.9 Å². The number of imidazole rings is 1. The number of nitrogens with one attached hydrogen (secondary N) is 1. The first kappa shape index (κ1) is 21.8. The fourth-order valence-electron chi connectivity index (χ4n) is 3.21. The van der Waals surface area contributed by atoms with Crippen molar-refractivity contribution in [1.82, 2.24) is 19.5 Å². The molecule has 5 N–H and O–H groups in total. The summed E-state index contributed by atoms with van der Waals surface area (Å²) in [6.07, 6.45) is -2.28. The van der Waals surface area contributed by atoms with Crippen LogP contribution in [0.5, 0.6) is 0 Å². The lowest BCUT2D eigenvalue weighted by Gasteiger charge is -2.16. The number of aliphatic hydroxyl groups is 2. The van der Waals surface area contributed by atoms with Crippen molar-refractivity contribution < 1.29 is 27.6 Å². The highest BCUT2D eigenvalue weighted by Gasteiger charge is 2.45. The van der Waals surface area contributed by atoms with Crippen LogP contribution in [0.2, 0.25) is 5.02 Å². The highest BCUT2D eigenvalue weighted by molar-refractivity contribution is 7.84. The number of halogens is 1. The van der Waals surface area contributed by atoms with Gasteiger partial charge in [-0.3, -0.25) is 8.75 Å². The number of benzene rings is 1. The molecule has 4 atom stereocenters. The molecular weight excluding hydrogens is 452 g/mol. The second kappa shape index (κ2) is 8.63. The predicted molar refractivity (Wildman–Crippen MR) is 109 cm³/mol. The lowest BCUT2D eigenvalue weighted by molar-refractivity contribution is -0.0467. The third-order valence-electron chi connectivity index (χ3n) is 4.74. The molecule has 0 unspecified atom stereocenters. The first-order chi connectivity index (χ1) is 14.7. The molecule has 31 heavy (non-hydrogen) atoms. The summed E-state index contributed by atoms with van der Waals surface area (Å²) in [5, 5.41) is 29.2. The van der Waals surface area contributed by atoms with Gasteiger partial charge in [-0.2, -0.15) is 8.42 Å². The van der Waals surface area contributed by atoms with E-state index in [1.165, 1.54) is 17.2 Å². The molecule has 14 heteroatoms. The third-order valence-corrected chi connectivity index (χ3v) is 5.46. The molecule has 1 aliphatic heterocycles. The number of anilines is 1. The summed E-state index contributed by atoms with van der Waals surface area (Å²) in [7, 11) is -4.22. The Bertz CT molecular complexity index is 1170. The average molecular weight is 471 g/mol. The lowest BCUT2D eigenvalue weighted by Crippen LogP contribution is -2.35. The molecule has 1 fully saturated rings. The van der Waals surface area contributed by atoms with Crippen molar-refractivity contribution in [3.8, 4) is 0 Å².